The summed E-state index contributed by atoms with van der Waals surface area (Å²) in [6, 6.07) is 6.73. The summed E-state index contributed by atoms with van der Waals surface area (Å²) in [7, 11) is 1.40. The highest BCUT2D eigenvalue weighted by Gasteiger charge is 2.15. The van der Waals surface area contributed by atoms with Crippen molar-refractivity contribution in [2.45, 2.75) is 0 Å². The SMILES string of the molecule is COc1ccccc1Oc1nc(F)c(F)cc1F. The molecule has 0 atom stereocenters. The molecule has 0 bridgehead atoms. The summed E-state index contributed by atoms with van der Waals surface area (Å²) in [5.41, 5.74) is 0. The molecule has 6 heteroatoms. The molecular formula is C12H8F3NO2. The van der Waals surface area contributed by atoms with Gasteiger partial charge in [0.2, 0.25) is 0 Å². The molecule has 0 spiro atoms. The minimum atomic E-state index is -1.43. The lowest BCUT2D eigenvalue weighted by molar-refractivity contribution is 0.352. The van der Waals surface area contributed by atoms with Crippen molar-refractivity contribution in [2.24, 2.45) is 0 Å². The van der Waals surface area contributed by atoms with E-state index in [1.807, 2.05) is 0 Å². The number of nitrogens with zero attached hydrogens (tertiary/aromatic N) is 1. The first-order chi connectivity index (χ1) is 8.61. The Morgan fingerprint density at radius 3 is 2.33 bits per heavy atom. The van der Waals surface area contributed by atoms with Crippen LogP contribution < -0.4 is 9.47 Å². The summed E-state index contributed by atoms with van der Waals surface area (Å²) in [5, 5.41) is 0. The molecule has 0 unspecified atom stereocenters. The average molecular weight is 255 g/mol. The van der Waals surface area contributed by atoms with Crippen LogP contribution in [0.2, 0.25) is 0 Å². The van der Waals surface area contributed by atoms with Crippen LogP contribution in [0.25, 0.3) is 0 Å². The fourth-order valence-corrected chi connectivity index (χ4v) is 1.31. The first kappa shape index (κ1) is 12.2. The first-order valence-corrected chi connectivity index (χ1v) is 4.94. The van der Waals surface area contributed by atoms with Gasteiger partial charge in [0.05, 0.1) is 7.11 Å². The summed E-state index contributed by atoms with van der Waals surface area (Å²) in [4.78, 5) is 3.05. The van der Waals surface area contributed by atoms with Crippen LogP contribution in [-0.2, 0) is 0 Å². The minimum Gasteiger partial charge on any atom is -0.493 e. The Morgan fingerprint density at radius 2 is 1.67 bits per heavy atom. The van der Waals surface area contributed by atoms with Crippen molar-refractivity contribution in [3.8, 4) is 17.4 Å². The molecule has 1 aromatic heterocycles. The molecule has 0 aliphatic heterocycles. The van der Waals surface area contributed by atoms with E-state index in [0.29, 0.717) is 11.8 Å². The third kappa shape index (κ3) is 2.37. The van der Waals surface area contributed by atoms with Crippen molar-refractivity contribution in [2.75, 3.05) is 7.11 Å². The van der Waals surface area contributed by atoms with Crippen molar-refractivity contribution in [1.82, 2.24) is 4.98 Å². The molecule has 0 aliphatic carbocycles. The number of aromatic nitrogens is 1. The smallest absolute Gasteiger partial charge is 0.258 e. The fourth-order valence-electron chi connectivity index (χ4n) is 1.31. The summed E-state index contributed by atoms with van der Waals surface area (Å²) in [5.74, 6) is -4.08. The number of pyridine rings is 1. The minimum absolute atomic E-state index is 0.150. The molecule has 0 fully saturated rings. The Kier molecular flexibility index (Phi) is 3.36. The van der Waals surface area contributed by atoms with Gasteiger partial charge in [0, 0.05) is 6.07 Å². The number of halogens is 3. The molecule has 0 saturated carbocycles. The lowest BCUT2D eigenvalue weighted by Crippen LogP contribution is -1.99. The van der Waals surface area contributed by atoms with E-state index in [1.54, 1.807) is 18.2 Å². The molecule has 1 heterocycles. The Balaban J connectivity index is 2.37. The molecule has 0 aliphatic rings. The van der Waals surface area contributed by atoms with Gasteiger partial charge in [-0.15, -0.1) is 0 Å². The van der Waals surface area contributed by atoms with E-state index in [1.165, 1.54) is 13.2 Å². The van der Waals surface area contributed by atoms with E-state index < -0.39 is 23.5 Å². The number of rotatable bonds is 3. The molecular weight excluding hydrogens is 247 g/mol. The van der Waals surface area contributed by atoms with Crippen LogP contribution in [0, 0.1) is 17.6 Å². The van der Waals surface area contributed by atoms with Crippen molar-refractivity contribution in [3.63, 3.8) is 0 Å². The van der Waals surface area contributed by atoms with Crippen molar-refractivity contribution >= 4 is 0 Å². The van der Waals surface area contributed by atoms with Crippen molar-refractivity contribution in [1.29, 1.82) is 0 Å². The molecule has 0 radical (unpaired) electrons. The third-order valence-electron chi connectivity index (χ3n) is 2.13. The Morgan fingerprint density at radius 1 is 1.00 bits per heavy atom. The maximum Gasteiger partial charge on any atom is 0.258 e. The first-order valence-electron chi connectivity index (χ1n) is 4.94. The van der Waals surface area contributed by atoms with Gasteiger partial charge < -0.3 is 9.47 Å². The molecule has 0 saturated heterocycles. The number of methoxy groups -OCH3 is 1. The highest BCUT2D eigenvalue weighted by atomic mass is 19.2. The van der Waals surface area contributed by atoms with E-state index in [-0.39, 0.29) is 5.75 Å². The van der Waals surface area contributed by atoms with Crippen LogP contribution in [-0.4, -0.2) is 12.1 Å². The van der Waals surface area contributed by atoms with E-state index >= 15 is 0 Å². The second kappa shape index (κ2) is 4.95. The normalized spacial score (nSPS) is 10.2. The summed E-state index contributed by atoms with van der Waals surface area (Å²) < 4.78 is 48.9. The Bertz CT molecular complexity index is 575. The van der Waals surface area contributed by atoms with Gasteiger partial charge in [-0.05, 0) is 12.1 Å². The van der Waals surface area contributed by atoms with Gasteiger partial charge in [-0.25, -0.2) is 8.78 Å². The second-order valence-electron chi connectivity index (χ2n) is 3.30. The third-order valence-corrected chi connectivity index (χ3v) is 2.13. The monoisotopic (exact) mass is 255 g/mol. The molecule has 1 aromatic carbocycles. The lowest BCUT2D eigenvalue weighted by Gasteiger charge is -2.09. The molecule has 0 amide bonds. The number of hydrogen-bond donors (Lipinski definition) is 0. The average Bonchev–Trinajstić information content (AvgIpc) is 2.36. The predicted molar refractivity (Wildman–Crippen MR) is 57.2 cm³/mol. The topological polar surface area (TPSA) is 31.4 Å². The van der Waals surface area contributed by atoms with Gasteiger partial charge in [0.1, 0.15) is 0 Å². The van der Waals surface area contributed by atoms with E-state index in [4.69, 9.17) is 9.47 Å². The van der Waals surface area contributed by atoms with Gasteiger partial charge in [-0.2, -0.15) is 9.37 Å². The summed E-state index contributed by atoms with van der Waals surface area (Å²) in [6.07, 6.45) is 0. The lowest BCUT2D eigenvalue weighted by atomic mass is 10.3. The summed E-state index contributed by atoms with van der Waals surface area (Å²) >= 11 is 0. The molecule has 18 heavy (non-hydrogen) atoms. The number of benzene rings is 1. The van der Waals surface area contributed by atoms with Crippen LogP contribution in [0.5, 0.6) is 17.4 Å². The maximum atomic E-state index is 13.3. The highest BCUT2D eigenvalue weighted by molar-refractivity contribution is 5.41. The van der Waals surface area contributed by atoms with Crippen LogP contribution >= 0.6 is 0 Å². The van der Waals surface area contributed by atoms with Crippen LogP contribution in [0.15, 0.2) is 30.3 Å². The van der Waals surface area contributed by atoms with E-state index in [0.717, 1.165) is 0 Å². The zero-order chi connectivity index (χ0) is 13.1. The van der Waals surface area contributed by atoms with Crippen LogP contribution in [0.1, 0.15) is 0 Å². The highest BCUT2D eigenvalue weighted by Crippen LogP contribution is 2.31. The molecule has 2 aromatic rings. The number of para-hydroxylation sites is 2. The number of ether oxygens (including phenoxy) is 2. The number of hydrogen-bond acceptors (Lipinski definition) is 3. The molecule has 2 rings (SSSR count). The summed E-state index contributed by atoms with van der Waals surface area (Å²) in [6.45, 7) is 0. The van der Waals surface area contributed by atoms with E-state index in [9.17, 15) is 13.2 Å². The quantitative estimate of drug-likeness (QED) is 0.788. The Labute approximate surface area is 101 Å². The maximum absolute atomic E-state index is 13.3. The standard InChI is InChI=1S/C12H8F3NO2/c1-17-9-4-2-3-5-10(9)18-12-8(14)6-7(13)11(15)16-12/h2-6H,1H3. The van der Waals surface area contributed by atoms with Gasteiger partial charge in [0.25, 0.3) is 11.8 Å². The van der Waals surface area contributed by atoms with Crippen LogP contribution in [0.3, 0.4) is 0 Å². The van der Waals surface area contributed by atoms with E-state index in [2.05, 4.69) is 4.98 Å². The predicted octanol–water partition coefficient (Wildman–Crippen LogP) is 3.30. The van der Waals surface area contributed by atoms with Gasteiger partial charge in [0.15, 0.2) is 23.1 Å². The Hall–Kier alpha value is -2.24. The molecule has 94 valence electrons. The van der Waals surface area contributed by atoms with Gasteiger partial charge in [-0.3, -0.25) is 0 Å². The zero-order valence-corrected chi connectivity index (χ0v) is 9.28. The van der Waals surface area contributed by atoms with Crippen LogP contribution in [0.4, 0.5) is 13.2 Å². The second-order valence-corrected chi connectivity index (χ2v) is 3.30. The fraction of sp³-hybridized carbons (Fsp3) is 0.0833. The largest absolute Gasteiger partial charge is 0.493 e. The molecule has 3 nitrogen and oxygen atoms in total. The van der Waals surface area contributed by atoms with Gasteiger partial charge >= 0.3 is 0 Å². The van der Waals surface area contributed by atoms with Crippen molar-refractivity contribution in [3.05, 3.63) is 47.9 Å². The zero-order valence-electron chi connectivity index (χ0n) is 9.28. The van der Waals surface area contributed by atoms with Crippen molar-refractivity contribution < 1.29 is 22.6 Å². The van der Waals surface area contributed by atoms with Gasteiger partial charge in [-0.1, -0.05) is 12.1 Å². The molecule has 0 N–H and O–H groups in total.